The van der Waals surface area contributed by atoms with Crippen molar-refractivity contribution in [1.82, 2.24) is 25.1 Å². The Morgan fingerprint density at radius 2 is 2.19 bits per heavy atom. The van der Waals surface area contributed by atoms with Crippen LogP contribution < -0.4 is 4.90 Å². The molecule has 1 aliphatic heterocycles. The van der Waals surface area contributed by atoms with Crippen molar-refractivity contribution in [1.29, 1.82) is 5.26 Å². The number of rotatable bonds is 3. The minimum absolute atomic E-state index is 0.0326. The van der Waals surface area contributed by atoms with Crippen LogP contribution in [-0.2, 0) is 4.79 Å². The van der Waals surface area contributed by atoms with Gasteiger partial charge in [-0.2, -0.15) is 10.4 Å². The number of hydrogen-bond donors (Lipinski definition) is 1. The highest BCUT2D eigenvalue weighted by Gasteiger charge is 2.28. The molecule has 3 aromatic heterocycles. The zero-order chi connectivity index (χ0) is 18.1. The quantitative estimate of drug-likeness (QED) is 0.722. The first-order valence-electron chi connectivity index (χ1n) is 8.62. The average Bonchev–Trinajstić information content (AvgIpc) is 3.16. The molecule has 1 N–H and O–H groups in total. The summed E-state index contributed by atoms with van der Waals surface area (Å²) in [5.74, 6) is 0.965. The van der Waals surface area contributed by atoms with Crippen LogP contribution in [0, 0.1) is 17.2 Å². The fourth-order valence-electron chi connectivity index (χ4n) is 3.63. The molecule has 0 aliphatic carbocycles. The average molecular weight is 349 g/mol. The zero-order valence-electron chi connectivity index (χ0n) is 14.5. The summed E-state index contributed by atoms with van der Waals surface area (Å²) in [6.07, 6.45) is 6.84. The van der Waals surface area contributed by atoms with Crippen LogP contribution in [0.3, 0.4) is 0 Å². The lowest BCUT2D eigenvalue weighted by molar-refractivity contribution is -0.134. The molecule has 4 rings (SSSR count). The molecule has 132 valence electrons. The molecule has 8 nitrogen and oxygen atoms in total. The molecule has 1 saturated heterocycles. The predicted octanol–water partition coefficient (Wildman–Crippen LogP) is 1.70. The SMILES string of the molecule is CN(CC#N)C(=O)C1CCN(c2[nH]ncc3cnc4nccc4c23)CC1. The van der Waals surface area contributed by atoms with Crippen molar-refractivity contribution in [2.45, 2.75) is 12.8 Å². The van der Waals surface area contributed by atoms with Gasteiger partial charge in [-0.3, -0.25) is 9.89 Å². The maximum Gasteiger partial charge on any atom is 0.226 e. The summed E-state index contributed by atoms with van der Waals surface area (Å²) in [5.41, 5.74) is 0.724. The number of pyridine rings is 1. The summed E-state index contributed by atoms with van der Waals surface area (Å²) in [7, 11) is 1.69. The van der Waals surface area contributed by atoms with Gasteiger partial charge in [-0.25, -0.2) is 9.97 Å². The number of aromatic nitrogens is 4. The Hall–Kier alpha value is -3.21. The van der Waals surface area contributed by atoms with Gasteiger partial charge in [0.2, 0.25) is 5.91 Å². The van der Waals surface area contributed by atoms with E-state index in [0.717, 1.165) is 53.6 Å². The number of carbonyl (C=O) groups is 1. The largest absolute Gasteiger partial charge is 0.356 e. The summed E-state index contributed by atoms with van der Waals surface area (Å²) in [6.45, 7) is 1.65. The molecule has 0 spiro atoms. The van der Waals surface area contributed by atoms with Gasteiger partial charge in [0, 0.05) is 54.6 Å². The van der Waals surface area contributed by atoms with Crippen molar-refractivity contribution in [2.75, 3.05) is 31.6 Å². The Morgan fingerprint density at radius 1 is 1.38 bits per heavy atom. The highest BCUT2D eigenvalue weighted by Crippen LogP contribution is 2.32. The molecule has 0 aromatic carbocycles. The highest BCUT2D eigenvalue weighted by molar-refractivity contribution is 6.09. The zero-order valence-corrected chi connectivity index (χ0v) is 14.5. The van der Waals surface area contributed by atoms with Crippen molar-refractivity contribution >= 4 is 33.5 Å². The number of anilines is 1. The first-order valence-corrected chi connectivity index (χ1v) is 8.62. The number of amides is 1. The van der Waals surface area contributed by atoms with Crippen LogP contribution in [0.2, 0.25) is 0 Å². The third-order valence-corrected chi connectivity index (χ3v) is 5.02. The van der Waals surface area contributed by atoms with Crippen molar-refractivity contribution < 1.29 is 4.79 Å². The van der Waals surface area contributed by atoms with Gasteiger partial charge in [0.25, 0.3) is 0 Å². The fourth-order valence-corrected chi connectivity index (χ4v) is 3.63. The summed E-state index contributed by atoms with van der Waals surface area (Å²) >= 11 is 0. The van der Waals surface area contributed by atoms with Crippen LogP contribution in [0.5, 0.6) is 0 Å². The van der Waals surface area contributed by atoms with E-state index in [1.165, 1.54) is 4.90 Å². The maximum absolute atomic E-state index is 12.4. The van der Waals surface area contributed by atoms with Crippen LogP contribution in [0.15, 0.2) is 24.7 Å². The van der Waals surface area contributed by atoms with Crippen LogP contribution in [-0.4, -0.2) is 57.7 Å². The second-order valence-electron chi connectivity index (χ2n) is 6.60. The molecular formula is C18H19N7O. The van der Waals surface area contributed by atoms with Gasteiger partial charge >= 0.3 is 0 Å². The third kappa shape index (κ3) is 2.71. The maximum atomic E-state index is 12.4. The van der Waals surface area contributed by atoms with E-state index in [4.69, 9.17) is 5.26 Å². The standard InChI is InChI=1S/C18H19N7O/c1-24(9-5-19)18(26)12-3-7-25(8-4-12)17-15-13(11-22-23-17)10-21-16-14(15)2-6-20-16/h2,6,10-12,23H,3-4,7-9H2,1H3. The van der Waals surface area contributed by atoms with Gasteiger partial charge in [0.1, 0.15) is 12.4 Å². The number of piperidine rings is 1. The Balaban J connectivity index is 1.60. The second-order valence-corrected chi connectivity index (χ2v) is 6.60. The third-order valence-electron chi connectivity index (χ3n) is 5.02. The van der Waals surface area contributed by atoms with E-state index in [1.54, 1.807) is 25.6 Å². The van der Waals surface area contributed by atoms with Gasteiger partial charge in [0.15, 0.2) is 5.65 Å². The van der Waals surface area contributed by atoms with Crippen molar-refractivity contribution in [3.63, 3.8) is 0 Å². The van der Waals surface area contributed by atoms with E-state index in [9.17, 15) is 4.79 Å². The molecule has 0 bridgehead atoms. The van der Waals surface area contributed by atoms with Gasteiger partial charge in [-0.15, -0.1) is 0 Å². The first kappa shape index (κ1) is 16.3. The second kappa shape index (κ2) is 6.59. The van der Waals surface area contributed by atoms with Crippen LogP contribution in [0.1, 0.15) is 12.8 Å². The molecule has 0 saturated carbocycles. The Bertz CT molecular complexity index is 998. The van der Waals surface area contributed by atoms with Gasteiger partial charge in [-0.05, 0) is 18.9 Å². The van der Waals surface area contributed by atoms with E-state index in [0.29, 0.717) is 0 Å². The van der Waals surface area contributed by atoms with Crippen molar-refractivity contribution in [2.24, 2.45) is 5.92 Å². The van der Waals surface area contributed by atoms with E-state index in [2.05, 4.69) is 25.1 Å². The lowest BCUT2D eigenvalue weighted by Gasteiger charge is -2.34. The molecule has 1 fully saturated rings. The Labute approximate surface area is 150 Å². The topological polar surface area (TPSA) is 102 Å². The monoisotopic (exact) mass is 349 g/mol. The summed E-state index contributed by atoms with van der Waals surface area (Å²) < 4.78 is 0. The van der Waals surface area contributed by atoms with Crippen LogP contribution >= 0.6 is 0 Å². The van der Waals surface area contributed by atoms with E-state index in [-0.39, 0.29) is 18.4 Å². The molecule has 1 amide bonds. The number of carbonyl (C=O) groups excluding carboxylic acids is 1. The number of nitrogens with zero attached hydrogens (tertiary/aromatic N) is 6. The minimum Gasteiger partial charge on any atom is -0.356 e. The Morgan fingerprint density at radius 3 is 2.96 bits per heavy atom. The predicted molar refractivity (Wildman–Crippen MR) is 97.4 cm³/mol. The fraction of sp³-hybridized carbons (Fsp3) is 0.389. The molecule has 0 radical (unpaired) electrons. The number of hydrogen-bond acceptors (Lipinski definition) is 6. The summed E-state index contributed by atoms with van der Waals surface area (Å²) in [5, 5.41) is 19.2. The smallest absolute Gasteiger partial charge is 0.226 e. The molecule has 1 aliphatic rings. The molecule has 3 aromatic rings. The number of H-pyrrole nitrogens is 1. The van der Waals surface area contributed by atoms with Gasteiger partial charge in [0.05, 0.1) is 12.3 Å². The minimum atomic E-state index is -0.0326. The lowest BCUT2D eigenvalue weighted by atomic mass is 9.95. The van der Waals surface area contributed by atoms with Crippen molar-refractivity contribution in [3.8, 4) is 6.07 Å². The summed E-state index contributed by atoms with van der Waals surface area (Å²) in [4.78, 5) is 24.8. The van der Waals surface area contributed by atoms with E-state index in [1.807, 2.05) is 12.1 Å². The Kier molecular flexibility index (Phi) is 4.13. The number of fused-ring (bicyclic) bond motifs is 3. The molecule has 26 heavy (non-hydrogen) atoms. The van der Waals surface area contributed by atoms with Gasteiger partial charge in [-0.1, -0.05) is 0 Å². The molecule has 0 atom stereocenters. The normalized spacial score (nSPS) is 15.3. The number of aromatic amines is 1. The highest BCUT2D eigenvalue weighted by atomic mass is 16.2. The first-order chi connectivity index (χ1) is 12.7. The van der Waals surface area contributed by atoms with Crippen LogP contribution in [0.25, 0.3) is 21.8 Å². The van der Waals surface area contributed by atoms with E-state index >= 15 is 0 Å². The van der Waals surface area contributed by atoms with Gasteiger partial charge < -0.3 is 9.80 Å². The number of nitrogens with one attached hydrogen (secondary N) is 1. The summed E-state index contributed by atoms with van der Waals surface area (Å²) in [6, 6.07) is 3.99. The lowest BCUT2D eigenvalue weighted by Crippen LogP contribution is -2.41. The van der Waals surface area contributed by atoms with E-state index < -0.39 is 0 Å². The number of nitriles is 1. The van der Waals surface area contributed by atoms with Crippen LogP contribution in [0.4, 0.5) is 5.82 Å². The molecule has 8 heteroatoms. The molecule has 0 unspecified atom stereocenters. The molecule has 4 heterocycles. The van der Waals surface area contributed by atoms with Crippen molar-refractivity contribution in [3.05, 3.63) is 24.7 Å². The molecular weight excluding hydrogens is 330 g/mol.